The number of amides is 2. The van der Waals surface area contributed by atoms with Crippen LogP contribution in [-0.4, -0.2) is 61.2 Å². The van der Waals surface area contributed by atoms with Gasteiger partial charge in [-0.1, -0.05) is 6.07 Å². The van der Waals surface area contributed by atoms with E-state index in [-0.39, 0.29) is 22.9 Å². The summed E-state index contributed by atoms with van der Waals surface area (Å²) in [5.41, 5.74) is 5.24. The van der Waals surface area contributed by atoms with Crippen LogP contribution in [0.4, 0.5) is 11.4 Å². The number of hydrogen-bond donors (Lipinski definition) is 4. The molecule has 2 atom stereocenters. The molecule has 0 saturated heterocycles. The lowest BCUT2D eigenvalue weighted by atomic mass is 9.95. The highest BCUT2D eigenvalue weighted by Crippen LogP contribution is 2.50. The lowest BCUT2D eigenvalue weighted by Crippen LogP contribution is -2.36. The molecule has 0 fully saturated rings. The number of aromatic amines is 1. The van der Waals surface area contributed by atoms with Crippen molar-refractivity contribution in [2.45, 2.75) is 45.2 Å². The lowest BCUT2D eigenvalue weighted by Gasteiger charge is -2.19. The van der Waals surface area contributed by atoms with Crippen molar-refractivity contribution in [2.24, 2.45) is 0 Å². The largest absolute Gasteiger partial charge is 0.493 e. The summed E-state index contributed by atoms with van der Waals surface area (Å²) in [5, 5.41) is 9.24. The Kier molecular flexibility index (Phi) is 10.1. The predicted molar refractivity (Wildman–Crippen MR) is 183 cm³/mol. The maximum Gasteiger partial charge on any atom is 0.246 e. The smallest absolute Gasteiger partial charge is 0.246 e. The van der Waals surface area contributed by atoms with Gasteiger partial charge in [-0.2, -0.15) is 11.8 Å². The average molecular weight is 646 g/mol. The second kappa shape index (κ2) is 14.2. The second-order valence-corrected chi connectivity index (χ2v) is 12.1. The standard InChI is InChI=1S/C34H39N5O6S/c1-18-35-25-11-8-21(16-28(25)36-18)38-34(42)27(13-14-46-6)39-26-12-9-22-23(17-29(26)41)24(37-19(2)40)10-7-20-15-30(43-3)32(44-4)33(45-5)31(20)22/h8-9,11-12,15-17,24,27H,7,10,13-14H2,1-6H3,(H,35,36)(H,37,40)(H,38,42)(H,39,41)/t24-,27+/m1/s1. The molecule has 1 heterocycles. The van der Waals surface area contributed by atoms with Gasteiger partial charge in [-0.25, -0.2) is 4.98 Å². The van der Waals surface area contributed by atoms with E-state index < -0.39 is 12.1 Å². The maximum atomic E-state index is 13.9. The molecule has 12 heteroatoms. The van der Waals surface area contributed by atoms with Crippen molar-refractivity contribution in [1.29, 1.82) is 0 Å². The number of fused-ring (bicyclic) bond motifs is 4. The van der Waals surface area contributed by atoms with Crippen molar-refractivity contribution >= 4 is 46.0 Å². The van der Waals surface area contributed by atoms with Gasteiger partial charge in [0.05, 0.1) is 44.1 Å². The van der Waals surface area contributed by atoms with Crippen molar-refractivity contribution in [2.75, 3.05) is 44.0 Å². The summed E-state index contributed by atoms with van der Waals surface area (Å²) >= 11 is 1.61. The quantitative estimate of drug-likeness (QED) is 0.173. The molecule has 11 nitrogen and oxygen atoms in total. The fourth-order valence-corrected chi connectivity index (χ4v) is 6.43. The number of nitrogens with zero attached hydrogens (tertiary/aromatic N) is 1. The number of rotatable bonds is 11. The van der Waals surface area contributed by atoms with Crippen LogP contribution in [-0.2, 0) is 16.0 Å². The molecule has 4 aromatic rings. The van der Waals surface area contributed by atoms with E-state index in [0.29, 0.717) is 59.1 Å². The summed E-state index contributed by atoms with van der Waals surface area (Å²) in [6, 6.07) is 11.3. The van der Waals surface area contributed by atoms with E-state index in [1.807, 2.05) is 37.4 Å². The normalized spacial score (nSPS) is 14.3. The minimum absolute atomic E-state index is 0.210. The number of benzene rings is 2. The number of carbonyl (C=O) groups is 2. The Bertz CT molecular complexity index is 1840. The summed E-state index contributed by atoms with van der Waals surface area (Å²) < 4.78 is 17.2. The summed E-state index contributed by atoms with van der Waals surface area (Å²) in [6.45, 7) is 3.33. The van der Waals surface area contributed by atoms with Crippen LogP contribution in [0.5, 0.6) is 17.2 Å². The van der Waals surface area contributed by atoms with Gasteiger partial charge in [-0.3, -0.25) is 14.4 Å². The third-order valence-corrected chi connectivity index (χ3v) is 8.68. The molecule has 46 heavy (non-hydrogen) atoms. The van der Waals surface area contributed by atoms with Crippen molar-refractivity contribution < 1.29 is 23.8 Å². The van der Waals surface area contributed by atoms with Gasteiger partial charge in [-0.15, -0.1) is 0 Å². The zero-order chi connectivity index (χ0) is 33.0. The number of thioether (sulfide) groups is 1. The third kappa shape index (κ3) is 6.76. The number of hydrogen-bond acceptors (Lipinski definition) is 9. The minimum Gasteiger partial charge on any atom is -0.493 e. The predicted octanol–water partition coefficient (Wildman–Crippen LogP) is 5.22. The number of aryl methyl sites for hydroxylation is 2. The molecule has 0 spiro atoms. The SMILES string of the molecule is COc1cc2c(c(OC)c1OC)-c1ccc(N[C@@H](CCSC)C(=O)Nc3ccc4nc(C)[nH]c4c3)c(=O)cc1[C@H](NC(C)=O)CC2. The van der Waals surface area contributed by atoms with E-state index in [1.165, 1.54) is 6.92 Å². The van der Waals surface area contributed by atoms with E-state index in [4.69, 9.17) is 14.2 Å². The van der Waals surface area contributed by atoms with Gasteiger partial charge < -0.3 is 35.1 Å². The second-order valence-electron chi connectivity index (χ2n) is 11.1. The van der Waals surface area contributed by atoms with Crippen LogP contribution >= 0.6 is 11.8 Å². The highest BCUT2D eigenvalue weighted by Gasteiger charge is 2.30. The van der Waals surface area contributed by atoms with Crippen LogP contribution in [0.2, 0.25) is 0 Å². The number of anilines is 2. The first-order valence-corrected chi connectivity index (χ1v) is 16.4. The Morgan fingerprint density at radius 2 is 1.85 bits per heavy atom. The number of carbonyl (C=O) groups excluding carboxylic acids is 2. The first-order chi connectivity index (χ1) is 22.2. The van der Waals surface area contributed by atoms with Gasteiger partial charge in [0.2, 0.25) is 23.0 Å². The number of nitrogens with one attached hydrogen (secondary N) is 4. The molecule has 5 rings (SSSR count). The number of imidazole rings is 1. The van der Waals surface area contributed by atoms with Crippen LogP contribution in [0.1, 0.15) is 42.8 Å². The van der Waals surface area contributed by atoms with Gasteiger partial charge in [0.25, 0.3) is 0 Å². The molecule has 1 aromatic heterocycles. The van der Waals surface area contributed by atoms with E-state index >= 15 is 0 Å². The molecule has 0 saturated carbocycles. The summed E-state index contributed by atoms with van der Waals surface area (Å²) in [6.07, 6.45) is 3.59. The maximum absolute atomic E-state index is 13.9. The zero-order valence-electron chi connectivity index (χ0n) is 26.8. The van der Waals surface area contributed by atoms with E-state index in [9.17, 15) is 14.4 Å². The number of methoxy groups -OCH3 is 3. The van der Waals surface area contributed by atoms with Crippen LogP contribution in [0.3, 0.4) is 0 Å². The Balaban J connectivity index is 1.57. The molecular formula is C34H39N5O6S. The fourth-order valence-electron chi connectivity index (χ4n) is 5.96. The molecule has 1 aliphatic carbocycles. The zero-order valence-corrected chi connectivity index (χ0v) is 27.6. The first kappa shape index (κ1) is 32.7. The first-order valence-electron chi connectivity index (χ1n) is 15.0. The summed E-state index contributed by atoms with van der Waals surface area (Å²) in [7, 11) is 4.67. The molecule has 0 bridgehead atoms. The summed E-state index contributed by atoms with van der Waals surface area (Å²) in [5.74, 6) is 2.43. The van der Waals surface area contributed by atoms with Crippen molar-refractivity contribution in [1.82, 2.24) is 15.3 Å². The summed E-state index contributed by atoms with van der Waals surface area (Å²) in [4.78, 5) is 47.4. The fraction of sp³-hybridized carbons (Fsp3) is 0.353. The van der Waals surface area contributed by atoms with Gasteiger partial charge in [0.1, 0.15) is 11.9 Å². The minimum atomic E-state index is -0.695. The topological polar surface area (TPSA) is 144 Å². The number of aromatic nitrogens is 2. The molecule has 4 N–H and O–H groups in total. The van der Waals surface area contributed by atoms with Crippen molar-refractivity contribution in [3.63, 3.8) is 0 Å². The molecule has 0 radical (unpaired) electrons. The van der Waals surface area contributed by atoms with E-state index in [1.54, 1.807) is 51.3 Å². The van der Waals surface area contributed by atoms with E-state index in [2.05, 4.69) is 25.9 Å². The molecule has 3 aromatic carbocycles. The Labute approximate surface area is 271 Å². The van der Waals surface area contributed by atoms with Crippen LogP contribution in [0.25, 0.3) is 22.2 Å². The highest BCUT2D eigenvalue weighted by atomic mass is 32.2. The third-order valence-electron chi connectivity index (χ3n) is 8.04. The van der Waals surface area contributed by atoms with Gasteiger partial charge in [0.15, 0.2) is 11.5 Å². The number of ether oxygens (including phenoxy) is 3. The molecule has 1 aliphatic rings. The van der Waals surface area contributed by atoms with Crippen LogP contribution in [0, 0.1) is 6.92 Å². The lowest BCUT2D eigenvalue weighted by molar-refractivity contribution is -0.120. The van der Waals surface area contributed by atoms with Crippen molar-refractivity contribution in [3.05, 3.63) is 69.6 Å². The molecule has 0 unspecified atom stereocenters. The molecule has 2 amide bonds. The van der Waals surface area contributed by atoms with Gasteiger partial charge in [-0.05, 0) is 91.3 Å². The number of H-pyrrole nitrogens is 1. The van der Waals surface area contributed by atoms with Crippen molar-refractivity contribution in [3.8, 4) is 28.4 Å². The molecule has 242 valence electrons. The molecular weight excluding hydrogens is 606 g/mol. The van der Waals surface area contributed by atoms with Gasteiger partial charge >= 0.3 is 0 Å². The van der Waals surface area contributed by atoms with Gasteiger partial charge in [0, 0.05) is 18.2 Å². The average Bonchev–Trinajstić information content (AvgIpc) is 3.25. The van der Waals surface area contributed by atoms with Crippen LogP contribution < -0.4 is 35.6 Å². The Hall–Kier alpha value is -4.71. The van der Waals surface area contributed by atoms with E-state index in [0.717, 1.165) is 28.0 Å². The Morgan fingerprint density at radius 1 is 1.07 bits per heavy atom. The highest BCUT2D eigenvalue weighted by molar-refractivity contribution is 7.98. The molecule has 0 aliphatic heterocycles. The monoisotopic (exact) mass is 645 g/mol. The Morgan fingerprint density at radius 3 is 2.54 bits per heavy atom. The van der Waals surface area contributed by atoms with Crippen LogP contribution in [0.15, 0.2) is 47.3 Å².